The molecule has 1 aromatic carbocycles. The Balaban J connectivity index is 1.83. The Kier molecular flexibility index (Phi) is 5.79. The molecule has 2 aromatic rings. The van der Waals surface area contributed by atoms with Gasteiger partial charge in [-0.2, -0.15) is 0 Å². The fourth-order valence-corrected chi connectivity index (χ4v) is 3.12. The Hall–Kier alpha value is -1.36. The summed E-state index contributed by atoms with van der Waals surface area (Å²) in [6, 6.07) is 11.7. The second kappa shape index (κ2) is 7.59. The fraction of sp³-hybridized carbons (Fsp3) is 0.312. The summed E-state index contributed by atoms with van der Waals surface area (Å²) in [4.78, 5) is 13.1. The molecule has 0 saturated heterocycles. The summed E-state index contributed by atoms with van der Waals surface area (Å²) in [5.41, 5.74) is 0.998. The normalized spacial score (nSPS) is 13.7. The van der Waals surface area contributed by atoms with Crippen LogP contribution in [-0.2, 0) is 4.79 Å². The van der Waals surface area contributed by atoms with Gasteiger partial charge in [0, 0.05) is 15.9 Å². The van der Waals surface area contributed by atoms with Gasteiger partial charge in [0.2, 0.25) is 5.91 Å². The predicted octanol–water partition coefficient (Wildman–Crippen LogP) is 3.93. The molecule has 0 spiro atoms. The van der Waals surface area contributed by atoms with Gasteiger partial charge in [-0.1, -0.05) is 35.9 Å². The van der Waals surface area contributed by atoms with E-state index in [2.05, 4.69) is 10.6 Å². The van der Waals surface area contributed by atoms with Gasteiger partial charge < -0.3 is 10.6 Å². The Bertz CT molecular complexity index is 586. The van der Waals surface area contributed by atoms with Crippen LogP contribution in [-0.4, -0.2) is 12.5 Å². The van der Waals surface area contributed by atoms with E-state index in [1.165, 1.54) is 0 Å². The van der Waals surface area contributed by atoms with Crippen molar-refractivity contribution in [2.45, 2.75) is 25.9 Å². The molecule has 1 heterocycles. The number of benzene rings is 1. The quantitative estimate of drug-likeness (QED) is 0.846. The standard InChI is InChI=1S/C16H19ClN2OS/c1-11(13-6-3-4-7-14(13)17)18-10-16(20)19-12(2)15-8-5-9-21-15/h3-9,11-12,18H,10H2,1-2H3,(H,19,20)/t11-,12-/m1/s1. The molecule has 0 fully saturated rings. The number of amides is 1. The molecule has 0 aliphatic carbocycles. The number of thiophene rings is 1. The minimum Gasteiger partial charge on any atom is -0.348 e. The lowest BCUT2D eigenvalue weighted by atomic mass is 10.1. The number of halogens is 1. The van der Waals surface area contributed by atoms with E-state index in [1.54, 1.807) is 11.3 Å². The Labute approximate surface area is 134 Å². The van der Waals surface area contributed by atoms with Crippen LogP contribution in [0.1, 0.15) is 36.4 Å². The molecule has 2 rings (SSSR count). The van der Waals surface area contributed by atoms with Crippen molar-refractivity contribution < 1.29 is 4.79 Å². The zero-order chi connectivity index (χ0) is 15.2. The summed E-state index contributed by atoms with van der Waals surface area (Å²) in [6.45, 7) is 4.25. The number of hydrogen-bond acceptors (Lipinski definition) is 3. The SMILES string of the molecule is C[C@@H](NC(=O)CN[C@H](C)c1ccccc1Cl)c1cccs1. The van der Waals surface area contributed by atoms with E-state index in [-0.39, 0.29) is 24.5 Å². The minimum absolute atomic E-state index is 0.0187. The highest BCUT2D eigenvalue weighted by Gasteiger charge is 2.13. The minimum atomic E-state index is -0.0187. The average molecular weight is 323 g/mol. The van der Waals surface area contributed by atoms with Crippen LogP contribution in [0.3, 0.4) is 0 Å². The van der Waals surface area contributed by atoms with Gasteiger partial charge in [0.05, 0.1) is 12.6 Å². The Morgan fingerprint density at radius 1 is 1.19 bits per heavy atom. The van der Waals surface area contributed by atoms with E-state index < -0.39 is 0 Å². The highest BCUT2D eigenvalue weighted by molar-refractivity contribution is 7.10. The maximum absolute atomic E-state index is 12.0. The molecule has 0 radical (unpaired) electrons. The van der Waals surface area contributed by atoms with Gasteiger partial charge in [-0.3, -0.25) is 4.79 Å². The second-order valence-electron chi connectivity index (χ2n) is 4.93. The van der Waals surface area contributed by atoms with Crippen LogP contribution in [0.15, 0.2) is 41.8 Å². The highest BCUT2D eigenvalue weighted by atomic mass is 35.5. The molecule has 0 bridgehead atoms. The van der Waals surface area contributed by atoms with Gasteiger partial charge >= 0.3 is 0 Å². The van der Waals surface area contributed by atoms with Crippen LogP contribution in [0, 0.1) is 0 Å². The van der Waals surface area contributed by atoms with Gasteiger partial charge in [0.25, 0.3) is 0 Å². The van der Waals surface area contributed by atoms with E-state index in [4.69, 9.17) is 11.6 Å². The Morgan fingerprint density at radius 2 is 1.95 bits per heavy atom. The van der Waals surface area contributed by atoms with Crippen LogP contribution in [0.4, 0.5) is 0 Å². The van der Waals surface area contributed by atoms with Crippen LogP contribution in [0.25, 0.3) is 0 Å². The van der Waals surface area contributed by atoms with Crippen molar-refractivity contribution in [1.82, 2.24) is 10.6 Å². The number of rotatable bonds is 6. The van der Waals surface area contributed by atoms with Gasteiger partial charge in [0.15, 0.2) is 0 Å². The summed E-state index contributed by atoms with van der Waals surface area (Å²) in [5.74, 6) is -0.0187. The van der Waals surface area contributed by atoms with E-state index in [0.29, 0.717) is 5.02 Å². The zero-order valence-corrected chi connectivity index (χ0v) is 13.7. The molecule has 1 aromatic heterocycles. The lowest BCUT2D eigenvalue weighted by molar-refractivity contribution is -0.121. The van der Waals surface area contributed by atoms with Crippen molar-refractivity contribution in [3.63, 3.8) is 0 Å². The number of nitrogens with one attached hydrogen (secondary N) is 2. The maximum Gasteiger partial charge on any atom is 0.234 e. The summed E-state index contributed by atoms with van der Waals surface area (Å²) < 4.78 is 0. The average Bonchev–Trinajstić information content (AvgIpc) is 2.99. The first kappa shape index (κ1) is 16.0. The molecule has 0 unspecified atom stereocenters. The highest BCUT2D eigenvalue weighted by Crippen LogP contribution is 2.22. The van der Waals surface area contributed by atoms with Gasteiger partial charge in [-0.05, 0) is 36.9 Å². The van der Waals surface area contributed by atoms with E-state index in [1.807, 2.05) is 55.6 Å². The number of hydrogen-bond donors (Lipinski definition) is 2. The van der Waals surface area contributed by atoms with E-state index in [9.17, 15) is 4.79 Å². The smallest absolute Gasteiger partial charge is 0.234 e. The van der Waals surface area contributed by atoms with Crippen LogP contribution in [0.5, 0.6) is 0 Å². The number of carbonyl (C=O) groups is 1. The maximum atomic E-state index is 12.0. The second-order valence-corrected chi connectivity index (χ2v) is 6.32. The summed E-state index contributed by atoms with van der Waals surface area (Å²) in [7, 11) is 0. The van der Waals surface area contributed by atoms with Crippen molar-refractivity contribution in [2.24, 2.45) is 0 Å². The third kappa shape index (κ3) is 4.56. The van der Waals surface area contributed by atoms with Gasteiger partial charge in [0.1, 0.15) is 0 Å². The van der Waals surface area contributed by atoms with Crippen LogP contribution in [0.2, 0.25) is 5.02 Å². The lowest BCUT2D eigenvalue weighted by Gasteiger charge is -2.17. The first-order valence-electron chi connectivity index (χ1n) is 6.88. The van der Waals surface area contributed by atoms with Crippen molar-refractivity contribution in [2.75, 3.05) is 6.54 Å². The monoisotopic (exact) mass is 322 g/mol. The van der Waals surface area contributed by atoms with E-state index in [0.717, 1.165) is 10.4 Å². The van der Waals surface area contributed by atoms with Gasteiger partial charge in [-0.25, -0.2) is 0 Å². The third-order valence-corrected chi connectivity index (χ3v) is 4.69. The number of carbonyl (C=O) groups excluding carboxylic acids is 1. The topological polar surface area (TPSA) is 41.1 Å². The molecular formula is C16H19ClN2OS. The molecule has 0 aliphatic heterocycles. The molecule has 1 amide bonds. The van der Waals surface area contributed by atoms with Crippen molar-refractivity contribution in [1.29, 1.82) is 0 Å². The summed E-state index contributed by atoms with van der Waals surface area (Å²) in [6.07, 6.45) is 0. The molecule has 5 heteroatoms. The third-order valence-electron chi connectivity index (χ3n) is 3.29. The molecule has 0 saturated carbocycles. The lowest BCUT2D eigenvalue weighted by Crippen LogP contribution is -2.36. The van der Waals surface area contributed by atoms with Crippen molar-refractivity contribution >= 4 is 28.8 Å². The summed E-state index contributed by atoms with van der Waals surface area (Å²) in [5, 5.41) is 8.90. The fourth-order valence-electron chi connectivity index (χ4n) is 2.08. The molecule has 112 valence electrons. The Morgan fingerprint density at radius 3 is 2.62 bits per heavy atom. The molecule has 3 nitrogen and oxygen atoms in total. The molecule has 2 atom stereocenters. The van der Waals surface area contributed by atoms with E-state index >= 15 is 0 Å². The van der Waals surface area contributed by atoms with Gasteiger partial charge in [-0.15, -0.1) is 11.3 Å². The van der Waals surface area contributed by atoms with Crippen molar-refractivity contribution in [3.8, 4) is 0 Å². The van der Waals surface area contributed by atoms with Crippen LogP contribution >= 0.6 is 22.9 Å². The molecule has 0 aliphatic rings. The first-order valence-corrected chi connectivity index (χ1v) is 8.14. The molecule has 2 N–H and O–H groups in total. The zero-order valence-electron chi connectivity index (χ0n) is 12.1. The molecular weight excluding hydrogens is 304 g/mol. The summed E-state index contributed by atoms with van der Waals surface area (Å²) >= 11 is 7.79. The first-order chi connectivity index (χ1) is 10.1. The van der Waals surface area contributed by atoms with Crippen LogP contribution < -0.4 is 10.6 Å². The predicted molar refractivity (Wildman–Crippen MR) is 88.7 cm³/mol. The largest absolute Gasteiger partial charge is 0.348 e. The molecule has 21 heavy (non-hydrogen) atoms. The van der Waals surface area contributed by atoms with Crippen molar-refractivity contribution in [3.05, 3.63) is 57.2 Å².